The van der Waals surface area contributed by atoms with Crippen molar-refractivity contribution in [1.82, 2.24) is 0 Å². The highest BCUT2D eigenvalue weighted by Crippen LogP contribution is 2.46. The topological polar surface area (TPSA) is 46.5 Å². The van der Waals surface area contributed by atoms with Crippen LogP contribution in [-0.2, 0) is 4.79 Å². The second kappa shape index (κ2) is 4.02. The van der Waals surface area contributed by atoms with Crippen molar-refractivity contribution in [3.8, 4) is 5.75 Å². The molecule has 0 saturated heterocycles. The minimum Gasteiger partial charge on any atom is -0.492 e. The third-order valence-electron chi connectivity index (χ3n) is 3.56. The van der Waals surface area contributed by atoms with Crippen LogP contribution in [0.1, 0.15) is 12.8 Å². The number of carbonyl (C=O) groups is 1. The van der Waals surface area contributed by atoms with E-state index in [1.165, 1.54) is 0 Å². The van der Waals surface area contributed by atoms with E-state index in [9.17, 15) is 4.79 Å². The van der Waals surface area contributed by atoms with Crippen molar-refractivity contribution < 1.29 is 14.6 Å². The fourth-order valence-corrected chi connectivity index (χ4v) is 2.11. The zero-order chi connectivity index (χ0) is 12.6. The summed E-state index contributed by atoms with van der Waals surface area (Å²) < 4.78 is 5.73. The van der Waals surface area contributed by atoms with Gasteiger partial charge in [-0.1, -0.05) is 36.4 Å². The van der Waals surface area contributed by atoms with Crippen molar-refractivity contribution in [1.29, 1.82) is 0 Å². The van der Waals surface area contributed by atoms with Gasteiger partial charge in [0.1, 0.15) is 17.8 Å². The van der Waals surface area contributed by atoms with Gasteiger partial charge in [0.25, 0.3) is 0 Å². The summed E-state index contributed by atoms with van der Waals surface area (Å²) in [7, 11) is 0. The van der Waals surface area contributed by atoms with E-state index in [1.54, 1.807) is 0 Å². The van der Waals surface area contributed by atoms with Gasteiger partial charge in [-0.2, -0.15) is 0 Å². The van der Waals surface area contributed by atoms with Gasteiger partial charge in [-0.15, -0.1) is 0 Å². The van der Waals surface area contributed by atoms with Crippen LogP contribution in [0.25, 0.3) is 10.8 Å². The molecule has 1 saturated carbocycles. The maximum absolute atomic E-state index is 11.1. The Balaban J connectivity index is 1.85. The van der Waals surface area contributed by atoms with Crippen LogP contribution in [0.5, 0.6) is 5.75 Å². The molecule has 0 aromatic heterocycles. The number of hydrogen-bond acceptors (Lipinski definition) is 2. The van der Waals surface area contributed by atoms with Gasteiger partial charge in [-0.25, -0.2) is 0 Å². The molecular weight excluding hydrogens is 228 g/mol. The molecule has 3 rings (SSSR count). The Morgan fingerprint density at radius 3 is 2.61 bits per heavy atom. The summed E-state index contributed by atoms with van der Waals surface area (Å²) in [4.78, 5) is 11.1. The summed E-state index contributed by atoms with van der Waals surface area (Å²) in [6.45, 7) is 0.260. The minimum atomic E-state index is -0.747. The molecule has 0 amide bonds. The van der Waals surface area contributed by atoms with E-state index in [-0.39, 0.29) is 6.61 Å². The Morgan fingerprint density at radius 2 is 1.89 bits per heavy atom. The smallest absolute Gasteiger partial charge is 0.313 e. The van der Waals surface area contributed by atoms with Gasteiger partial charge in [0.2, 0.25) is 0 Å². The molecule has 0 bridgehead atoms. The molecule has 0 atom stereocenters. The molecule has 1 N–H and O–H groups in total. The third kappa shape index (κ3) is 1.82. The summed E-state index contributed by atoms with van der Waals surface area (Å²) in [6, 6.07) is 13.8. The van der Waals surface area contributed by atoms with Crippen molar-refractivity contribution >= 4 is 16.7 Å². The molecule has 3 nitrogen and oxygen atoms in total. The summed E-state index contributed by atoms with van der Waals surface area (Å²) >= 11 is 0. The first-order valence-electron chi connectivity index (χ1n) is 6.05. The highest BCUT2D eigenvalue weighted by molar-refractivity contribution is 5.88. The van der Waals surface area contributed by atoms with Gasteiger partial charge < -0.3 is 9.84 Å². The number of carboxylic acids is 1. The Hall–Kier alpha value is -2.03. The van der Waals surface area contributed by atoms with Crippen LogP contribution in [-0.4, -0.2) is 17.7 Å². The molecule has 0 unspecified atom stereocenters. The Morgan fingerprint density at radius 1 is 1.17 bits per heavy atom. The lowest BCUT2D eigenvalue weighted by Gasteiger charge is -2.13. The predicted octanol–water partition coefficient (Wildman–Crippen LogP) is 3.08. The van der Waals surface area contributed by atoms with Gasteiger partial charge in [0.15, 0.2) is 0 Å². The van der Waals surface area contributed by atoms with Gasteiger partial charge in [0.05, 0.1) is 0 Å². The minimum absolute atomic E-state index is 0.260. The third-order valence-corrected chi connectivity index (χ3v) is 3.56. The molecule has 18 heavy (non-hydrogen) atoms. The quantitative estimate of drug-likeness (QED) is 0.896. The van der Waals surface area contributed by atoms with E-state index in [0.717, 1.165) is 16.5 Å². The molecule has 2 aromatic rings. The number of hydrogen-bond donors (Lipinski definition) is 1. The number of fused-ring (bicyclic) bond motifs is 1. The summed E-state index contributed by atoms with van der Waals surface area (Å²) in [5.74, 6) is 0.0170. The molecule has 92 valence electrons. The normalized spacial score (nSPS) is 16.4. The van der Waals surface area contributed by atoms with Crippen LogP contribution in [0.2, 0.25) is 0 Å². The predicted molar refractivity (Wildman–Crippen MR) is 68.7 cm³/mol. The van der Waals surface area contributed by atoms with Crippen molar-refractivity contribution in [2.24, 2.45) is 5.41 Å². The largest absolute Gasteiger partial charge is 0.492 e. The molecule has 2 aromatic carbocycles. The fraction of sp³-hybridized carbons (Fsp3) is 0.267. The van der Waals surface area contributed by atoms with E-state index in [4.69, 9.17) is 9.84 Å². The average molecular weight is 242 g/mol. The summed E-state index contributed by atoms with van der Waals surface area (Å²) in [5.41, 5.74) is -0.642. The van der Waals surface area contributed by atoms with Gasteiger partial charge in [0, 0.05) is 5.39 Å². The van der Waals surface area contributed by atoms with Crippen LogP contribution in [0.15, 0.2) is 42.5 Å². The van der Waals surface area contributed by atoms with Crippen molar-refractivity contribution in [3.63, 3.8) is 0 Å². The van der Waals surface area contributed by atoms with Crippen LogP contribution >= 0.6 is 0 Å². The van der Waals surface area contributed by atoms with E-state index in [0.29, 0.717) is 12.8 Å². The molecular formula is C15H14O3. The zero-order valence-electron chi connectivity index (χ0n) is 9.93. The lowest BCUT2D eigenvalue weighted by molar-refractivity contribution is -0.144. The number of aliphatic carboxylic acids is 1. The van der Waals surface area contributed by atoms with E-state index in [2.05, 4.69) is 0 Å². The van der Waals surface area contributed by atoms with E-state index < -0.39 is 11.4 Å². The van der Waals surface area contributed by atoms with Crippen molar-refractivity contribution in [3.05, 3.63) is 42.5 Å². The Kier molecular flexibility index (Phi) is 2.47. The van der Waals surface area contributed by atoms with Gasteiger partial charge in [-0.3, -0.25) is 4.79 Å². The molecule has 0 heterocycles. The molecule has 0 spiro atoms. The number of rotatable bonds is 4. The van der Waals surface area contributed by atoms with Crippen molar-refractivity contribution in [2.45, 2.75) is 12.8 Å². The first kappa shape index (κ1) is 11.1. The van der Waals surface area contributed by atoms with Crippen molar-refractivity contribution in [2.75, 3.05) is 6.61 Å². The average Bonchev–Trinajstić information content (AvgIpc) is 3.17. The van der Waals surface area contributed by atoms with Crippen LogP contribution in [0.4, 0.5) is 0 Å². The Labute approximate surface area is 105 Å². The van der Waals surface area contributed by atoms with Crippen LogP contribution in [0.3, 0.4) is 0 Å². The number of benzene rings is 2. The fourth-order valence-electron chi connectivity index (χ4n) is 2.11. The monoisotopic (exact) mass is 242 g/mol. The highest BCUT2D eigenvalue weighted by atomic mass is 16.5. The first-order valence-corrected chi connectivity index (χ1v) is 6.05. The van der Waals surface area contributed by atoms with Gasteiger partial charge in [-0.05, 0) is 24.3 Å². The molecule has 1 aliphatic rings. The number of ether oxygens (including phenoxy) is 1. The van der Waals surface area contributed by atoms with Crippen LogP contribution in [0, 0.1) is 5.41 Å². The molecule has 1 fully saturated rings. The zero-order valence-corrected chi connectivity index (χ0v) is 9.93. The SMILES string of the molecule is O=C(O)C1(COc2cccc3ccccc23)CC1. The van der Waals surface area contributed by atoms with Crippen LogP contribution < -0.4 is 4.74 Å². The van der Waals surface area contributed by atoms with E-state index >= 15 is 0 Å². The highest BCUT2D eigenvalue weighted by Gasteiger charge is 2.51. The lowest BCUT2D eigenvalue weighted by Crippen LogP contribution is -2.22. The molecule has 3 heteroatoms. The summed E-state index contributed by atoms with van der Waals surface area (Å²) in [6.07, 6.45) is 1.43. The lowest BCUT2D eigenvalue weighted by atomic mass is 10.1. The maximum atomic E-state index is 11.1. The second-order valence-electron chi connectivity index (χ2n) is 4.85. The van der Waals surface area contributed by atoms with E-state index in [1.807, 2.05) is 42.5 Å². The molecule has 1 aliphatic carbocycles. The standard InChI is InChI=1S/C15H14O3/c16-14(17)15(8-9-15)10-18-13-7-3-5-11-4-1-2-6-12(11)13/h1-7H,8-10H2,(H,16,17). The Bertz CT molecular complexity index is 594. The second-order valence-corrected chi connectivity index (χ2v) is 4.85. The van der Waals surface area contributed by atoms with Gasteiger partial charge >= 0.3 is 5.97 Å². The maximum Gasteiger partial charge on any atom is 0.313 e. The molecule has 0 radical (unpaired) electrons. The first-order chi connectivity index (χ1) is 8.71. The number of carboxylic acid groups (broad SMARTS) is 1. The molecule has 0 aliphatic heterocycles. The summed E-state index contributed by atoms with van der Waals surface area (Å²) in [5, 5.41) is 11.3.